The summed E-state index contributed by atoms with van der Waals surface area (Å²) >= 11 is 0. The van der Waals surface area contributed by atoms with Crippen LogP contribution in [0.25, 0.3) is 0 Å². The first-order valence-corrected chi connectivity index (χ1v) is 7.06. The molecule has 1 fully saturated rings. The summed E-state index contributed by atoms with van der Waals surface area (Å²) < 4.78 is 26.0. The van der Waals surface area contributed by atoms with Crippen LogP contribution in [0.4, 0.5) is 8.78 Å². The molecule has 1 aromatic carbocycles. The van der Waals surface area contributed by atoms with Crippen molar-refractivity contribution in [1.29, 1.82) is 0 Å². The van der Waals surface area contributed by atoms with E-state index in [2.05, 4.69) is 17.1 Å². The van der Waals surface area contributed by atoms with Gasteiger partial charge in [0.15, 0.2) is 11.6 Å². The van der Waals surface area contributed by atoms with Gasteiger partial charge in [0.05, 0.1) is 0 Å². The lowest BCUT2D eigenvalue weighted by molar-refractivity contribution is 0.175. The van der Waals surface area contributed by atoms with Gasteiger partial charge in [-0.3, -0.25) is 4.90 Å². The van der Waals surface area contributed by atoms with Crippen molar-refractivity contribution in [2.45, 2.75) is 26.3 Å². The summed E-state index contributed by atoms with van der Waals surface area (Å²) in [5, 5.41) is 3.39. The maximum absolute atomic E-state index is 13.1. The summed E-state index contributed by atoms with van der Waals surface area (Å²) in [4.78, 5) is 2.31. The molecule has 0 radical (unpaired) electrons. The zero-order valence-electron chi connectivity index (χ0n) is 11.5. The highest BCUT2D eigenvalue weighted by Crippen LogP contribution is 2.19. The van der Waals surface area contributed by atoms with Crippen LogP contribution in [0.15, 0.2) is 18.2 Å². The molecule has 0 atom stereocenters. The Morgan fingerprint density at radius 2 is 1.95 bits per heavy atom. The van der Waals surface area contributed by atoms with Gasteiger partial charge in [-0.15, -0.1) is 0 Å². The van der Waals surface area contributed by atoms with Crippen LogP contribution in [-0.4, -0.2) is 31.1 Å². The lowest BCUT2D eigenvalue weighted by Crippen LogP contribution is -2.36. The first kappa shape index (κ1) is 14.4. The average Bonchev–Trinajstić information content (AvgIpc) is 2.42. The molecule has 0 aliphatic carbocycles. The van der Waals surface area contributed by atoms with E-state index in [9.17, 15) is 8.78 Å². The quantitative estimate of drug-likeness (QED) is 0.883. The van der Waals surface area contributed by atoms with E-state index in [1.807, 2.05) is 0 Å². The van der Waals surface area contributed by atoms with E-state index in [1.165, 1.54) is 25.0 Å². The number of hydrogen-bond acceptors (Lipinski definition) is 2. The maximum atomic E-state index is 13.1. The molecule has 1 heterocycles. The Bertz CT molecular complexity index is 401. The van der Waals surface area contributed by atoms with Crippen molar-refractivity contribution in [1.82, 2.24) is 10.2 Å². The Kier molecular flexibility index (Phi) is 5.28. The van der Waals surface area contributed by atoms with Crippen LogP contribution in [0, 0.1) is 17.6 Å². The molecule has 4 heteroatoms. The molecule has 1 aliphatic heterocycles. The Morgan fingerprint density at radius 1 is 1.21 bits per heavy atom. The fraction of sp³-hybridized carbons (Fsp3) is 0.600. The van der Waals surface area contributed by atoms with Gasteiger partial charge in [-0.2, -0.15) is 0 Å². The van der Waals surface area contributed by atoms with Gasteiger partial charge in [0.1, 0.15) is 0 Å². The molecular formula is C15H22F2N2. The lowest BCUT2D eigenvalue weighted by Gasteiger charge is -2.32. The molecule has 1 aromatic rings. The largest absolute Gasteiger partial charge is 0.317 e. The van der Waals surface area contributed by atoms with Crippen molar-refractivity contribution < 1.29 is 8.78 Å². The van der Waals surface area contributed by atoms with Crippen LogP contribution >= 0.6 is 0 Å². The van der Waals surface area contributed by atoms with Crippen molar-refractivity contribution in [2.75, 3.05) is 26.2 Å². The number of halogens is 2. The van der Waals surface area contributed by atoms with E-state index in [0.29, 0.717) is 6.54 Å². The summed E-state index contributed by atoms with van der Waals surface area (Å²) in [7, 11) is 0. The first-order valence-electron chi connectivity index (χ1n) is 7.06. The van der Waals surface area contributed by atoms with Crippen LogP contribution in [0.5, 0.6) is 0 Å². The fourth-order valence-corrected chi connectivity index (χ4v) is 2.59. The van der Waals surface area contributed by atoms with Crippen LogP contribution < -0.4 is 5.32 Å². The molecule has 1 N–H and O–H groups in total. The third kappa shape index (κ3) is 4.25. The number of likely N-dealkylation sites (tertiary alicyclic amines) is 1. The topological polar surface area (TPSA) is 15.3 Å². The monoisotopic (exact) mass is 268 g/mol. The zero-order chi connectivity index (χ0) is 13.7. The SMILES string of the molecule is CCNCC1CCN(Cc2ccc(F)c(F)c2)CC1. The van der Waals surface area contributed by atoms with Crippen molar-refractivity contribution in [3.63, 3.8) is 0 Å². The smallest absolute Gasteiger partial charge is 0.159 e. The Balaban J connectivity index is 1.80. The van der Waals surface area contributed by atoms with Crippen molar-refractivity contribution in [3.8, 4) is 0 Å². The van der Waals surface area contributed by atoms with Gasteiger partial charge < -0.3 is 5.32 Å². The summed E-state index contributed by atoms with van der Waals surface area (Å²) in [5.41, 5.74) is 0.851. The van der Waals surface area contributed by atoms with Crippen molar-refractivity contribution >= 4 is 0 Å². The molecule has 1 saturated heterocycles. The fourth-order valence-electron chi connectivity index (χ4n) is 2.59. The third-order valence-corrected chi connectivity index (χ3v) is 3.78. The molecule has 19 heavy (non-hydrogen) atoms. The molecular weight excluding hydrogens is 246 g/mol. The maximum Gasteiger partial charge on any atom is 0.159 e. The van der Waals surface area contributed by atoms with E-state index in [-0.39, 0.29) is 0 Å². The van der Waals surface area contributed by atoms with Gasteiger partial charge in [0, 0.05) is 6.54 Å². The van der Waals surface area contributed by atoms with Crippen LogP contribution in [-0.2, 0) is 6.54 Å². The highest BCUT2D eigenvalue weighted by molar-refractivity contribution is 5.17. The molecule has 0 aromatic heterocycles. The van der Waals surface area contributed by atoms with Gasteiger partial charge in [0.2, 0.25) is 0 Å². The van der Waals surface area contributed by atoms with E-state index in [4.69, 9.17) is 0 Å². The molecule has 0 bridgehead atoms. The minimum Gasteiger partial charge on any atom is -0.317 e. The van der Waals surface area contributed by atoms with Crippen LogP contribution in [0.1, 0.15) is 25.3 Å². The normalized spacial score (nSPS) is 17.8. The number of piperidine rings is 1. The Morgan fingerprint density at radius 3 is 2.58 bits per heavy atom. The van der Waals surface area contributed by atoms with E-state index in [1.54, 1.807) is 6.07 Å². The summed E-state index contributed by atoms with van der Waals surface area (Å²) in [6.07, 6.45) is 2.35. The standard InChI is InChI=1S/C15H22F2N2/c1-2-18-10-12-5-7-19(8-6-12)11-13-3-4-14(16)15(17)9-13/h3-4,9,12,18H,2,5-8,10-11H2,1H3. The predicted molar refractivity (Wildman–Crippen MR) is 72.9 cm³/mol. The van der Waals surface area contributed by atoms with Gasteiger partial charge in [-0.1, -0.05) is 13.0 Å². The van der Waals surface area contributed by atoms with Crippen LogP contribution in [0.3, 0.4) is 0 Å². The molecule has 2 rings (SSSR count). The van der Waals surface area contributed by atoms with Gasteiger partial charge >= 0.3 is 0 Å². The molecule has 0 unspecified atom stereocenters. The number of rotatable bonds is 5. The second-order valence-electron chi connectivity index (χ2n) is 5.28. The lowest BCUT2D eigenvalue weighted by atomic mass is 9.96. The minimum atomic E-state index is -0.770. The van der Waals surface area contributed by atoms with Crippen molar-refractivity contribution in [3.05, 3.63) is 35.4 Å². The highest BCUT2D eigenvalue weighted by atomic mass is 19.2. The summed E-state index contributed by atoms with van der Waals surface area (Å²) in [6, 6.07) is 4.19. The van der Waals surface area contributed by atoms with Gasteiger partial charge in [-0.05, 0) is 62.6 Å². The number of nitrogens with one attached hydrogen (secondary N) is 1. The highest BCUT2D eigenvalue weighted by Gasteiger charge is 2.19. The number of hydrogen-bond donors (Lipinski definition) is 1. The molecule has 0 spiro atoms. The molecule has 0 saturated carbocycles. The van der Waals surface area contributed by atoms with Gasteiger partial charge in [0.25, 0.3) is 0 Å². The average molecular weight is 268 g/mol. The van der Waals surface area contributed by atoms with Crippen LogP contribution in [0.2, 0.25) is 0 Å². The summed E-state index contributed by atoms with van der Waals surface area (Å²) in [5.74, 6) is -0.770. The van der Waals surface area contributed by atoms with E-state index in [0.717, 1.165) is 37.7 Å². The second kappa shape index (κ2) is 6.96. The molecule has 106 valence electrons. The number of nitrogens with zero attached hydrogens (tertiary/aromatic N) is 1. The van der Waals surface area contributed by atoms with Crippen molar-refractivity contribution in [2.24, 2.45) is 5.92 Å². The predicted octanol–water partition coefficient (Wildman–Crippen LogP) is 2.79. The molecule has 2 nitrogen and oxygen atoms in total. The molecule has 1 aliphatic rings. The Hall–Kier alpha value is -1.00. The number of benzene rings is 1. The molecule has 0 amide bonds. The zero-order valence-corrected chi connectivity index (χ0v) is 11.5. The summed E-state index contributed by atoms with van der Waals surface area (Å²) in [6.45, 7) is 7.03. The second-order valence-corrected chi connectivity index (χ2v) is 5.28. The van der Waals surface area contributed by atoms with Gasteiger partial charge in [-0.25, -0.2) is 8.78 Å². The van der Waals surface area contributed by atoms with E-state index >= 15 is 0 Å². The van der Waals surface area contributed by atoms with E-state index < -0.39 is 11.6 Å². The minimum absolute atomic E-state index is 0.713. The first-order chi connectivity index (χ1) is 9.19. The third-order valence-electron chi connectivity index (χ3n) is 3.78. The Labute approximate surface area is 113 Å².